The second kappa shape index (κ2) is 8.09. The second-order valence-electron chi connectivity index (χ2n) is 5.85. The van der Waals surface area contributed by atoms with Crippen molar-refractivity contribution in [3.63, 3.8) is 0 Å². The highest BCUT2D eigenvalue weighted by atomic mass is 16.4. The molecule has 1 rings (SSSR count). The van der Waals surface area contributed by atoms with E-state index in [9.17, 15) is 9.59 Å². The lowest BCUT2D eigenvalue weighted by Gasteiger charge is -2.21. The van der Waals surface area contributed by atoms with Gasteiger partial charge < -0.3 is 20.6 Å². The van der Waals surface area contributed by atoms with Crippen LogP contribution in [0.2, 0.25) is 0 Å². The summed E-state index contributed by atoms with van der Waals surface area (Å²) < 4.78 is 0. The van der Waals surface area contributed by atoms with Gasteiger partial charge in [-0.3, -0.25) is 4.79 Å². The summed E-state index contributed by atoms with van der Waals surface area (Å²) in [5.41, 5.74) is 0. The van der Waals surface area contributed by atoms with E-state index in [1.165, 1.54) is 0 Å². The topological polar surface area (TPSA) is 81.7 Å². The van der Waals surface area contributed by atoms with Gasteiger partial charge in [-0.1, -0.05) is 6.42 Å². The largest absolute Gasteiger partial charge is 0.481 e. The highest BCUT2D eigenvalue weighted by Gasteiger charge is 2.32. The van der Waals surface area contributed by atoms with Gasteiger partial charge >= 0.3 is 12.0 Å². The SMILES string of the molecule is CC(C)N(C)CCNC(=O)NCC1CCCC1C(=O)O. The molecule has 1 aliphatic carbocycles. The van der Waals surface area contributed by atoms with E-state index in [2.05, 4.69) is 29.4 Å². The first kappa shape index (κ1) is 16.8. The highest BCUT2D eigenvalue weighted by molar-refractivity contribution is 5.74. The number of hydrogen-bond donors (Lipinski definition) is 3. The van der Waals surface area contributed by atoms with E-state index in [-0.39, 0.29) is 17.9 Å². The van der Waals surface area contributed by atoms with Crippen molar-refractivity contribution in [2.45, 2.75) is 39.2 Å². The molecular weight excluding hydrogens is 258 g/mol. The average Bonchev–Trinajstić information content (AvgIpc) is 2.84. The predicted molar refractivity (Wildman–Crippen MR) is 77.6 cm³/mol. The quantitative estimate of drug-likeness (QED) is 0.655. The Labute approximate surface area is 120 Å². The van der Waals surface area contributed by atoms with Crippen LogP contribution in [0.25, 0.3) is 0 Å². The van der Waals surface area contributed by atoms with Crippen molar-refractivity contribution >= 4 is 12.0 Å². The van der Waals surface area contributed by atoms with Crippen molar-refractivity contribution in [1.29, 1.82) is 0 Å². The van der Waals surface area contributed by atoms with Gasteiger partial charge in [0, 0.05) is 25.7 Å². The third kappa shape index (κ3) is 5.36. The summed E-state index contributed by atoms with van der Waals surface area (Å²) in [6, 6.07) is 0.243. The Bertz CT molecular complexity index is 334. The number of aliphatic carboxylic acids is 1. The van der Waals surface area contributed by atoms with E-state index in [0.717, 1.165) is 25.8 Å². The molecule has 1 saturated carbocycles. The standard InChI is InChI=1S/C14H27N3O3/c1-10(2)17(3)8-7-15-14(20)16-9-11-5-4-6-12(11)13(18)19/h10-12H,4-9H2,1-3H3,(H,18,19)(H2,15,16,20). The molecule has 0 spiro atoms. The minimum atomic E-state index is -0.742. The molecule has 0 aromatic heterocycles. The maximum atomic E-state index is 11.6. The fourth-order valence-electron chi connectivity index (χ4n) is 2.50. The summed E-state index contributed by atoms with van der Waals surface area (Å²) in [7, 11) is 2.01. The van der Waals surface area contributed by atoms with Gasteiger partial charge in [0.05, 0.1) is 5.92 Å². The van der Waals surface area contributed by atoms with Crippen LogP contribution in [0.5, 0.6) is 0 Å². The van der Waals surface area contributed by atoms with E-state index >= 15 is 0 Å². The van der Waals surface area contributed by atoms with Gasteiger partial charge in [-0.15, -0.1) is 0 Å². The zero-order valence-corrected chi connectivity index (χ0v) is 12.7. The molecule has 0 heterocycles. The van der Waals surface area contributed by atoms with Crippen LogP contribution in [0.4, 0.5) is 4.79 Å². The van der Waals surface area contributed by atoms with Crippen LogP contribution in [0.15, 0.2) is 0 Å². The molecule has 0 bridgehead atoms. The Morgan fingerprint density at radius 2 is 2.00 bits per heavy atom. The molecule has 1 aliphatic rings. The van der Waals surface area contributed by atoms with Gasteiger partial charge in [0.2, 0.25) is 0 Å². The van der Waals surface area contributed by atoms with E-state index in [4.69, 9.17) is 5.11 Å². The number of carbonyl (C=O) groups is 2. The van der Waals surface area contributed by atoms with Crippen LogP contribution in [0.3, 0.4) is 0 Å². The molecule has 3 N–H and O–H groups in total. The first-order valence-electron chi connectivity index (χ1n) is 7.36. The maximum Gasteiger partial charge on any atom is 0.314 e. The summed E-state index contributed by atoms with van der Waals surface area (Å²) in [6.07, 6.45) is 2.54. The average molecular weight is 285 g/mol. The van der Waals surface area contributed by atoms with Crippen molar-refractivity contribution in [2.75, 3.05) is 26.7 Å². The van der Waals surface area contributed by atoms with E-state index < -0.39 is 5.97 Å². The second-order valence-corrected chi connectivity index (χ2v) is 5.85. The number of urea groups is 1. The lowest BCUT2D eigenvalue weighted by atomic mass is 9.96. The molecule has 6 heteroatoms. The summed E-state index contributed by atoms with van der Waals surface area (Å²) in [6.45, 7) is 6.04. The van der Waals surface area contributed by atoms with Gasteiger partial charge in [0.25, 0.3) is 0 Å². The van der Waals surface area contributed by atoms with Gasteiger partial charge in [-0.25, -0.2) is 4.79 Å². The number of hydrogen-bond acceptors (Lipinski definition) is 3. The summed E-state index contributed by atoms with van der Waals surface area (Å²) in [5.74, 6) is -0.979. The summed E-state index contributed by atoms with van der Waals surface area (Å²) in [4.78, 5) is 24.8. The van der Waals surface area contributed by atoms with Gasteiger partial charge in [0.1, 0.15) is 0 Å². The molecule has 20 heavy (non-hydrogen) atoms. The number of likely N-dealkylation sites (N-methyl/N-ethyl adjacent to an activating group) is 1. The van der Waals surface area contributed by atoms with Gasteiger partial charge in [0.15, 0.2) is 0 Å². The molecule has 2 atom stereocenters. The molecular formula is C14H27N3O3. The molecule has 2 unspecified atom stereocenters. The summed E-state index contributed by atoms with van der Waals surface area (Å²) >= 11 is 0. The Hall–Kier alpha value is -1.30. The number of carboxylic acids is 1. The lowest BCUT2D eigenvalue weighted by Crippen LogP contribution is -2.43. The van der Waals surface area contributed by atoms with Gasteiger partial charge in [-0.05, 0) is 39.7 Å². The fourth-order valence-corrected chi connectivity index (χ4v) is 2.50. The van der Waals surface area contributed by atoms with Gasteiger partial charge in [-0.2, -0.15) is 0 Å². The van der Waals surface area contributed by atoms with E-state index in [1.54, 1.807) is 0 Å². The molecule has 0 aromatic rings. The fraction of sp³-hybridized carbons (Fsp3) is 0.857. The lowest BCUT2D eigenvalue weighted by molar-refractivity contribution is -0.142. The third-order valence-corrected chi connectivity index (χ3v) is 4.13. The van der Waals surface area contributed by atoms with Crippen LogP contribution in [-0.2, 0) is 4.79 Å². The minimum absolute atomic E-state index is 0.0663. The predicted octanol–water partition coefficient (Wildman–Crippen LogP) is 1.13. The minimum Gasteiger partial charge on any atom is -0.481 e. The molecule has 6 nitrogen and oxygen atoms in total. The maximum absolute atomic E-state index is 11.6. The molecule has 1 fully saturated rings. The van der Waals surface area contributed by atoms with Crippen LogP contribution in [0, 0.1) is 11.8 Å². The Morgan fingerprint density at radius 1 is 1.30 bits per heavy atom. The summed E-state index contributed by atoms with van der Waals surface area (Å²) in [5, 5.41) is 14.6. The van der Waals surface area contributed by atoms with Crippen molar-refractivity contribution in [2.24, 2.45) is 11.8 Å². The monoisotopic (exact) mass is 285 g/mol. The zero-order valence-electron chi connectivity index (χ0n) is 12.7. The molecule has 0 saturated heterocycles. The first-order valence-corrected chi connectivity index (χ1v) is 7.36. The highest BCUT2D eigenvalue weighted by Crippen LogP contribution is 2.31. The molecule has 0 radical (unpaired) electrons. The Kier molecular flexibility index (Phi) is 6.78. The Morgan fingerprint density at radius 3 is 2.60 bits per heavy atom. The van der Waals surface area contributed by atoms with Crippen molar-refractivity contribution in [1.82, 2.24) is 15.5 Å². The number of rotatable bonds is 7. The van der Waals surface area contributed by atoms with Crippen molar-refractivity contribution in [3.05, 3.63) is 0 Å². The zero-order chi connectivity index (χ0) is 15.1. The molecule has 0 aliphatic heterocycles. The first-order chi connectivity index (χ1) is 9.41. The number of nitrogens with zero attached hydrogens (tertiary/aromatic N) is 1. The van der Waals surface area contributed by atoms with Crippen LogP contribution in [-0.4, -0.2) is 54.7 Å². The Balaban J connectivity index is 2.18. The molecule has 2 amide bonds. The van der Waals surface area contributed by atoms with Crippen LogP contribution >= 0.6 is 0 Å². The van der Waals surface area contributed by atoms with Crippen molar-refractivity contribution < 1.29 is 14.7 Å². The smallest absolute Gasteiger partial charge is 0.314 e. The van der Waals surface area contributed by atoms with Crippen LogP contribution < -0.4 is 10.6 Å². The number of nitrogens with one attached hydrogen (secondary N) is 2. The number of carboxylic acid groups (broad SMARTS) is 1. The van der Waals surface area contributed by atoms with E-state index in [0.29, 0.717) is 19.1 Å². The van der Waals surface area contributed by atoms with Crippen LogP contribution in [0.1, 0.15) is 33.1 Å². The molecule has 116 valence electrons. The van der Waals surface area contributed by atoms with Crippen molar-refractivity contribution in [3.8, 4) is 0 Å². The van der Waals surface area contributed by atoms with E-state index in [1.807, 2.05) is 7.05 Å². The third-order valence-electron chi connectivity index (χ3n) is 4.13. The molecule has 0 aromatic carbocycles. The normalized spacial score (nSPS) is 22.2. The number of amides is 2. The number of carbonyl (C=O) groups excluding carboxylic acids is 1.